The molecule has 0 bridgehead atoms. The van der Waals surface area contributed by atoms with Crippen molar-refractivity contribution in [1.29, 1.82) is 0 Å². The van der Waals surface area contributed by atoms with Crippen LogP contribution in [0.15, 0.2) is 54.8 Å². The lowest BCUT2D eigenvalue weighted by molar-refractivity contribution is -0.133. The number of rotatable bonds is 10. The molecular weight excluding hydrogens is 354 g/mol. The molecule has 0 atom stereocenters. The van der Waals surface area contributed by atoms with Crippen molar-refractivity contribution >= 4 is 17.2 Å². The molecule has 1 N–H and O–H groups in total. The summed E-state index contributed by atoms with van der Waals surface area (Å²) in [6.07, 6.45) is 2.50. The fraction of sp³-hybridized carbons (Fsp3) is 0.348. The lowest BCUT2D eigenvalue weighted by Gasteiger charge is -2.14. The topological polar surface area (TPSA) is 56.8 Å². The molecule has 2 aromatic carbocycles. The van der Waals surface area contributed by atoms with Crippen LogP contribution in [0, 0.1) is 5.92 Å². The zero-order valence-corrected chi connectivity index (χ0v) is 17.0. The van der Waals surface area contributed by atoms with Gasteiger partial charge in [-0.2, -0.15) is 0 Å². The van der Waals surface area contributed by atoms with Crippen LogP contribution < -0.4 is 10.1 Å². The minimum absolute atomic E-state index is 0.323. The van der Waals surface area contributed by atoms with Crippen LogP contribution in [0.4, 0.5) is 5.69 Å². The minimum Gasteiger partial charge on any atom is -0.503 e. The van der Waals surface area contributed by atoms with E-state index in [0.717, 1.165) is 35.5 Å². The van der Waals surface area contributed by atoms with Crippen LogP contribution in [0.5, 0.6) is 5.75 Å². The van der Waals surface area contributed by atoms with E-state index in [1.807, 2.05) is 48.5 Å². The normalized spacial score (nSPS) is 11.2. The molecule has 0 aliphatic carbocycles. The summed E-state index contributed by atoms with van der Waals surface area (Å²) in [4.78, 5) is 12.1. The number of esters is 1. The molecule has 28 heavy (non-hydrogen) atoms. The van der Waals surface area contributed by atoms with Gasteiger partial charge in [0.15, 0.2) is 0 Å². The van der Waals surface area contributed by atoms with E-state index >= 15 is 0 Å². The molecule has 0 saturated carbocycles. The first kappa shape index (κ1) is 21.4. The monoisotopic (exact) mass is 383 g/mol. The molecule has 0 saturated heterocycles. The maximum Gasteiger partial charge on any atom is 0.341 e. The molecule has 5 heteroatoms. The fourth-order valence-electron chi connectivity index (χ4n) is 2.72. The molecule has 0 spiro atoms. The molecule has 150 valence electrons. The largest absolute Gasteiger partial charge is 0.503 e. The van der Waals surface area contributed by atoms with Crippen molar-refractivity contribution < 1.29 is 19.0 Å². The van der Waals surface area contributed by atoms with Gasteiger partial charge in [0, 0.05) is 18.3 Å². The zero-order valence-electron chi connectivity index (χ0n) is 17.0. The Balaban J connectivity index is 2.11. The Morgan fingerprint density at radius 3 is 2.61 bits per heavy atom. The van der Waals surface area contributed by atoms with E-state index in [4.69, 9.17) is 14.2 Å². The van der Waals surface area contributed by atoms with Crippen molar-refractivity contribution in [2.75, 3.05) is 26.1 Å². The van der Waals surface area contributed by atoms with Crippen molar-refractivity contribution in [2.45, 2.75) is 26.9 Å². The van der Waals surface area contributed by atoms with Gasteiger partial charge in [-0.15, -0.1) is 0 Å². The van der Waals surface area contributed by atoms with Crippen molar-refractivity contribution in [2.24, 2.45) is 5.92 Å². The summed E-state index contributed by atoms with van der Waals surface area (Å²) >= 11 is 0. The van der Waals surface area contributed by atoms with Crippen molar-refractivity contribution in [3.8, 4) is 5.75 Å². The summed E-state index contributed by atoms with van der Waals surface area (Å²) in [6.45, 7) is 5.66. The molecule has 0 radical (unpaired) electrons. The van der Waals surface area contributed by atoms with E-state index in [9.17, 15) is 4.79 Å². The van der Waals surface area contributed by atoms with Gasteiger partial charge < -0.3 is 19.5 Å². The molecule has 2 rings (SSSR count). The van der Waals surface area contributed by atoms with Crippen LogP contribution in [-0.4, -0.2) is 26.7 Å². The van der Waals surface area contributed by atoms with Crippen LogP contribution in [0.1, 0.15) is 31.4 Å². The second-order valence-corrected chi connectivity index (χ2v) is 6.84. The first-order chi connectivity index (χ1) is 13.5. The molecule has 0 fully saturated rings. The number of carbonyl (C=O) groups is 1. The Morgan fingerprint density at radius 2 is 1.89 bits per heavy atom. The summed E-state index contributed by atoms with van der Waals surface area (Å²) in [5, 5.41) is 3.42. The third kappa shape index (κ3) is 6.34. The molecule has 0 amide bonds. The van der Waals surface area contributed by atoms with Gasteiger partial charge in [-0.1, -0.05) is 44.2 Å². The van der Waals surface area contributed by atoms with Gasteiger partial charge in [0.05, 0.1) is 20.5 Å². The number of hydrogen-bond donors (Lipinski definition) is 1. The number of hydrogen-bond acceptors (Lipinski definition) is 5. The maximum atomic E-state index is 12.1. The van der Waals surface area contributed by atoms with Crippen molar-refractivity contribution in [3.05, 3.63) is 65.9 Å². The number of nitrogens with one attached hydrogen (secondary N) is 1. The van der Waals surface area contributed by atoms with Gasteiger partial charge >= 0.3 is 5.97 Å². The average molecular weight is 383 g/mol. The van der Waals surface area contributed by atoms with E-state index in [0.29, 0.717) is 18.1 Å². The highest BCUT2D eigenvalue weighted by Gasteiger charge is 2.16. The highest BCUT2D eigenvalue weighted by Crippen LogP contribution is 2.24. The number of benzene rings is 2. The minimum atomic E-state index is -0.453. The third-order valence-corrected chi connectivity index (χ3v) is 4.23. The number of carbonyl (C=O) groups excluding carboxylic acids is 1. The fourth-order valence-corrected chi connectivity index (χ4v) is 2.72. The number of ether oxygens (including phenoxy) is 3. The second kappa shape index (κ2) is 11.0. The number of anilines is 1. The SMILES string of the molecule is CO/C=C(/C(=O)OC)c1ccccc1COc1cccc(NCCC(C)C)c1. The van der Waals surface area contributed by atoms with Gasteiger partial charge in [-0.25, -0.2) is 4.79 Å². The Kier molecular flexibility index (Phi) is 8.40. The van der Waals surface area contributed by atoms with Gasteiger partial charge in [-0.05, 0) is 35.6 Å². The summed E-state index contributed by atoms with van der Waals surface area (Å²) in [5.74, 6) is 0.970. The zero-order chi connectivity index (χ0) is 20.4. The van der Waals surface area contributed by atoms with E-state index in [1.165, 1.54) is 20.5 Å². The van der Waals surface area contributed by atoms with Gasteiger partial charge in [0.1, 0.15) is 17.9 Å². The summed E-state index contributed by atoms with van der Waals surface area (Å²) in [6, 6.07) is 15.4. The quantitative estimate of drug-likeness (QED) is 0.360. The molecule has 0 aliphatic heterocycles. The van der Waals surface area contributed by atoms with Crippen LogP contribution in [0.25, 0.3) is 5.57 Å². The average Bonchev–Trinajstić information content (AvgIpc) is 2.70. The first-order valence-electron chi connectivity index (χ1n) is 9.41. The molecule has 0 aromatic heterocycles. The van der Waals surface area contributed by atoms with Crippen molar-refractivity contribution in [3.63, 3.8) is 0 Å². The highest BCUT2D eigenvalue weighted by atomic mass is 16.5. The third-order valence-electron chi connectivity index (χ3n) is 4.23. The van der Waals surface area contributed by atoms with Gasteiger partial charge in [0.25, 0.3) is 0 Å². The van der Waals surface area contributed by atoms with E-state index < -0.39 is 5.97 Å². The predicted octanol–water partition coefficient (Wildman–Crippen LogP) is 4.88. The summed E-state index contributed by atoms with van der Waals surface area (Å²) in [7, 11) is 2.85. The standard InChI is InChI=1S/C23H29NO4/c1-17(2)12-13-24-19-9-7-10-20(14-19)28-15-18-8-5-6-11-21(18)22(16-26-3)23(25)27-4/h5-11,14,16-17,24H,12-13,15H2,1-4H3/b22-16+. The molecule has 2 aromatic rings. The Hall–Kier alpha value is -2.95. The van der Waals surface area contributed by atoms with Gasteiger partial charge in [-0.3, -0.25) is 0 Å². The van der Waals surface area contributed by atoms with Crippen molar-refractivity contribution in [1.82, 2.24) is 0 Å². The molecule has 0 unspecified atom stereocenters. The van der Waals surface area contributed by atoms with E-state index in [1.54, 1.807) is 0 Å². The maximum absolute atomic E-state index is 12.1. The lowest BCUT2D eigenvalue weighted by Crippen LogP contribution is -2.08. The van der Waals surface area contributed by atoms with Crippen LogP contribution in [0.3, 0.4) is 0 Å². The van der Waals surface area contributed by atoms with Gasteiger partial charge in [0.2, 0.25) is 0 Å². The Bertz CT molecular complexity index is 799. The predicted molar refractivity (Wildman–Crippen MR) is 112 cm³/mol. The molecule has 0 aliphatic rings. The Labute approximate surface area is 167 Å². The highest BCUT2D eigenvalue weighted by molar-refractivity contribution is 6.16. The summed E-state index contributed by atoms with van der Waals surface area (Å²) in [5.41, 5.74) is 2.98. The van der Waals surface area contributed by atoms with Crippen LogP contribution in [-0.2, 0) is 20.9 Å². The smallest absolute Gasteiger partial charge is 0.341 e. The lowest BCUT2D eigenvalue weighted by atomic mass is 10.0. The van der Waals surface area contributed by atoms with Crippen LogP contribution in [0.2, 0.25) is 0 Å². The Morgan fingerprint density at radius 1 is 1.11 bits per heavy atom. The summed E-state index contributed by atoms with van der Waals surface area (Å²) < 4.78 is 15.9. The second-order valence-electron chi connectivity index (χ2n) is 6.84. The first-order valence-corrected chi connectivity index (χ1v) is 9.41. The number of methoxy groups -OCH3 is 2. The van der Waals surface area contributed by atoms with E-state index in [-0.39, 0.29) is 0 Å². The van der Waals surface area contributed by atoms with Crippen LogP contribution >= 0.6 is 0 Å². The molecule has 5 nitrogen and oxygen atoms in total. The molecule has 0 heterocycles. The van der Waals surface area contributed by atoms with E-state index in [2.05, 4.69) is 19.2 Å². The molecular formula is C23H29NO4.